The van der Waals surface area contributed by atoms with Crippen molar-refractivity contribution in [2.75, 3.05) is 13.2 Å². The maximum atomic E-state index is 11.6. The number of nitrogens with one attached hydrogen (secondary N) is 1. The van der Waals surface area contributed by atoms with Gasteiger partial charge in [0.2, 0.25) is 0 Å². The Bertz CT molecular complexity index is 581. The molecule has 0 saturated carbocycles. The molecule has 0 aliphatic rings. The summed E-state index contributed by atoms with van der Waals surface area (Å²) in [5.74, 6) is 1.10. The molecule has 1 amide bonds. The van der Waals surface area contributed by atoms with Crippen LogP contribution in [0.2, 0.25) is 0 Å². The summed E-state index contributed by atoms with van der Waals surface area (Å²) < 4.78 is 5.46. The SMILES string of the molecule is CC(C)CCNC(=O)COc1cnc2ccccc2c1. The van der Waals surface area contributed by atoms with Gasteiger partial charge in [0, 0.05) is 11.9 Å². The first-order valence-corrected chi connectivity index (χ1v) is 6.89. The van der Waals surface area contributed by atoms with E-state index in [1.54, 1.807) is 6.20 Å². The maximum Gasteiger partial charge on any atom is 0.257 e. The molecule has 0 radical (unpaired) electrons. The first kappa shape index (κ1) is 14.3. The van der Waals surface area contributed by atoms with Gasteiger partial charge in [0.25, 0.3) is 5.91 Å². The monoisotopic (exact) mass is 272 g/mol. The molecule has 0 fully saturated rings. The van der Waals surface area contributed by atoms with Gasteiger partial charge in [-0.1, -0.05) is 32.0 Å². The number of para-hydroxylation sites is 1. The maximum absolute atomic E-state index is 11.6. The number of benzene rings is 1. The number of amides is 1. The molecular formula is C16H20N2O2. The zero-order chi connectivity index (χ0) is 14.4. The molecule has 0 unspecified atom stereocenters. The van der Waals surface area contributed by atoms with E-state index in [1.807, 2.05) is 30.3 Å². The molecule has 0 bridgehead atoms. The highest BCUT2D eigenvalue weighted by Gasteiger charge is 2.04. The van der Waals surface area contributed by atoms with Gasteiger partial charge in [0.05, 0.1) is 11.7 Å². The van der Waals surface area contributed by atoms with Crippen LogP contribution >= 0.6 is 0 Å². The van der Waals surface area contributed by atoms with Crippen LogP contribution in [0.15, 0.2) is 36.5 Å². The van der Waals surface area contributed by atoms with E-state index in [9.17, 15) is 4.79 Å². The predicted molar refractivity (Wildman–Crippen MR) is 79.7 cm³/mol. The predicted octanol–water partition coefficient (Wildman–Crippen LogP) is 2.78. The molecule has 0 atom stereocenters. The quantitative estimate of drug-likeness (QED) is 0.879. The molecular weight excluding hydrogens is 252 g/mol. The van der Waals surface area contributed by atoms with Crippen molar-refractivity contribution in [2.45, 2.75) is 20.3 Å². The molecule has 1 N–H and O–H groups in total. The van der Waals surface area contributed by atoms with Crippen LogP contribution in [0.4, 0.5) is 0 Å². The van der Waals surface area contributed by atoms with Gasteiger partial charge < -0.3 is 10.1 Å². The van der Waals surface area contributed by atoms with Crippen molar-refractivity contribution < 1.29 is 9.53 Å². The lowest BCUT2D eigenvalue weighted by Gasteiger charge is -2.09. The lowest BCUT2D eigenvalue weighted by atomic mass is 10.1. The van der Waals surface area contributed by atoms with E-state index in [4.69, 9.17) is 4.74 Å². The largest absolute Gasteiger partial charge is 0.482 e. The van der Waals surface area contributed by atoms with Crippen molar-refractivity contribution >= 4 is 16.8 Å². The first-order valence-electron chi connectivity index (χ1n) is 6.89. The second-order valence-corrected chi connectivity index (χ2v) is 5.18. The van der Waals surface area contributed by atoms with E-state index >= 15 is 0 Å². The number of hydrogen-bond donors (Lipinski definition) is 1. The van der Waals surface area contributed by atoms with Crippen LogP contribution in [-0.4, -0.2) is 24.0 Å². The minimum absolute atomic E-state index is 0.0259. The standard InChI is InChI=1S/C16H20N2O2/c1-12(2)7-8-17-16(19)11-20-14-9-13-5-3-4-6-15(13)18-10-14/h3-6,9-10,12H,7-8,11H2,1-2H3,(H,17,19). The highest BCUT2D eigenvalue weighted by Crippen LogP contribution is 2.17. The number of carbonyl (C=O) groups is 1. The Labute approximate surface area is 119 Å². The van der Waals surface area contributed by atoms with E-state index in [0.717, 1.165) is 17.3 Å². The Kier molecular flexibility index (Phi) is 4.93. The van der Waals surface area contributed by atoms with Crippen LogP contribution in [0.1, 0.15) is 20.3 Å². The average molecular weight is 272 g/mol. The Balaban J connectivity index is 1.84. The molecule has 4 heteroatoms. The molecule has 1 heterocycles. The number of ether oxygens (including phenoxy) is 1. The van der Waals surface area contributed by atoms with E-state index in [0.29, 0.717) is 18.2 Å². The van der Waals surface area contributed by atoms with Crippen molar-refractivity contribution in [1.29, 1.82) is 0 Å². The Hall–Kier alpha value is -2.10. The summed E-state index contributed by atoms with van der Waals surface area (Å²) in [4.78, 5) is 15.9. The van der Waals surface area contributed by atoms with Gasteiger partial charge >= 0.3 is 0 Å². The highest BCUT2D eigenvalue weighted by atomic mass is 16.5. The Morgan fingerprint density at radius 2 is 2.15 bits per heavy atom. The van der Waals surface area contributed by atoms with E-state index < -0.39 is 0 Å². The minimum atomic E-state index is -0.0983. The molecule has 1 aromatic carbocycles. The van der Waals surface area contributed by atoms with Crippen LogP contribution in [-0.2, 0) is 4.79 Å². The Morgan fingerprint density at radius 3 is 2.95 bits per heavy atom. The van der Waals surface area contributed by atoms with E-state index in [-0.39, 0.29) is 12.5 Å². The van der Waals surface area contributed by atoms with Gasteiger partial charge in [-0.15, -0.1) is 0 Å². The third-order valence-electron chi connectivity index (χ3n) is 2.98. The highest BCUT2D eigenvalue weighted by molar-refractivity contribution is 5.80. The number of fused-ring (bicyclic) bond motifs is 1. The average Bonchev–Trinajstić information content (AvgIpc) is 2.44. The molecule has 2 aromatic rings. The minimum Gasteiger partial charge on any atom is -0.482 e. The molecule has 2 rings (SSSR count). The molecule has 20 heavy (non-hydrogen) atoms. The summed E-state index contributed by atoms with van der Waals surface area (Å²) in [7, 11) is 0. The van der Waals surface area contributed by atoms with Crippen molar-refractivity contribution in [3.05, 3.63) is 36.5 Å². The van der Waals surface area contributed by atoms with Crippen molar-refractivity contribution in [3.8, 4) is 5.75 Å². The van der Waals surface area contributed by atoms with Crippen molar-refractivity contribution in [1.82, 2.24) is 10.3 Å². The summed E-state index contributed by atoms with van der Waals surface area (Å²) in [5.41, 5.74) is 0.918. The zero-order valence-electron chi connectivity index (χ0n) is 11.9. The van der Waals surface area contributed by atoms with Crippen LogP contribution in [0.3, 0.4) is 0 Å². The molecule has 4 nitrogen and oxygen atoms in total. The van der Waals surface area contributed by atoms with Gasteiger partial charge in [-0.05, 0) is 24.5 Å². The fraction of sp³-hybridized carbons (Fsp3) is 0.375. The fourth-order valence-corrected chi connectivity index (χ4v) is 1.83. The summed E-state index contributed by atoms with van der Waals surface area (Å²) in [5, 5.41) is 3.84. The number of carbonyl (C=O) groups excluding carboxylic acids is 1. The van der Waals surface area contributed by atoms with Gasteiger partial charge in [-0.3, -0.25) is 9.78 Å². The summed E-state index contributed by atoms with van der Waals surface area (Å²) >= 11 is 0. The third kappa shape index (κ3) is 4.23. The number of aromatic nitrogens is 1. The zero-order valence-corrected chi connectivity index (χ0v) is 11.9. The molecule has 0 saturated heterocycles. The van der Waals surface area contributed by atoms with Gasteiger partial charge in [-0.25, -0.2) is 0 Å². The molecule has 0 spiro atoms. The number of pyridine rings is 1. The van der Waals surface area contributed by atoms with Gasteiger partial charge in [0.1, 0.15) is 5.75 Å². The lowest BCUT2D eigenvalue weighted by Crippen LogP contribution is -2.30. The topological polar surface area (TPSA) is 51.2 Å². The van der Waals surface area contributed by atoms with E-state index in [1.165, 1.54) is 0 Å². The molecule has 0 aliphatic heterocycles. The van der Waals surface area contributed by atoms with Crippen LogP contribution < -0.4 is 10.1 Å². The van der Waals surface area contributed by atoms with Crippen LogP contribution in [0.5, 0.6) is 5.75 Å². The Morgan fingerprint density at radius 1 is 1.35 bits per heavy atom. The number of rotatable bonds is 6. The molecule has 106 valence electrons. The van der Waals surface area contributed by atoms with Crippen molar-refractivity contribution in [2.24, 2.45) is 5.92 Å². The fourth-order valence-electron chi connectivity index (χ4n) is 1.83. The first-order chi connectivity index (χ1) is 9.65. The second kappa shape index (κ2) is 6.89. The van der Waals surface area contributed by atoms with E-state index in [2.05, 4.69) is 24.1 Å². The van der Waals surface area contributed by atoms with Crippen LogP contribution in [0.25, 0.3) is 10.9 Å². The number of nitrogens with zero attached hydrogens (tertiary/aromatic N) is 1. The van der Waals surface area contributed by atoms with Gasteiger partial charge in [0.15, 0.2) is 6.61 Å². The summed E-state index contributed by atoms with van der Waals surface area (Å²) in [6.07, 6.45) is 2.62. The smallest absolute Gasteiger partial charge is 0.257 e. The summed E-state index contributed by atoms with van der Waals surface area (Å²) in [6.45, 7) is 4.97. The lowest BCUT2D eigenvalue weighted by molar-refractivity contribution is -0.123. The molecule has 0 aliphatic carbocycles. The van der Waals surface area contributed by atoms with Crippen LogP contribution in [0, 0.1) is 5.92 Å². The van der Waals surface area contributed by atoms with Crippen molar-refractivity contribution in [3.63, 3.8) is 0 Å². The normalized spacial score (nSPS) is 10.8. The molecule has 1 aromatic heterocycles. The second-order valence-electron chi connectivity index (χ2n) is 5.18. The number of hydrogen-bond acceptors (Lipinski definition) is 3. The van der Waals surface area contributed by atoms with Gasteiger partial charge in [-0.2, -0.15) is 0 Å². The third-order valence-corrected chi connectivity index (χ3v) is 2.98. The summed E-state index contributed by atoms with van der Waals surface area (Å²) in [6, 6.07) is 9.70.